The minimum atomic E-state index is 0. The maximum absolute atomic E-state index is 12.0. The minimum absolute atomic E-state index is 0. The summed E-state index contributed by atoms with van der Waals surface area (Å²) < 4.78 is 0. The molecule has 1 saturated heterocycles. The van der Waals surface area contributed by atoms with Crippen molar-refractivity contribution in [1.29, 1.82) is 0 Å². The number of hydrogen-bond donors (Lipinski definition) is 2. The number of aryl methyl sites for hydroxylation is 1. The van der Waals surface area contributed by atoms with Crippen molar-refractivity contribution in [3.8, 4) is 0 Å². The normalized spacial score (nSPS) is 16.5. The summed E-state index contributed by atoms with van der Waals surface area (Å²) >= 11 is 0. The Morgan fingerprint density at radius 3 is 2.65 bits per heavy atom. The molecule has 112 valence electrons. The number of halogens is 1. The first-order chi connectivity index (χ1) is 9.17. The predicted octanol–water partition coefficient (Wildman–Crippen LogP) is 2.04. The lowest BCUT2D eigenvalue weighted by Crippen LogP contribution is -2.44. The third kappa shape index (κ3) is 5.12. The number of benzene rings is 1. The standard InChI is InChI=1S/C15H23N3O.ClH/c1-12-4-3-5-14(10-12)17-15(19)11-18-8-6-13(16-2)7-9-18;/h3-5,10,13,16H,6-9,11H2,1-2H3,(H,17,19);1H. The average molecular weight is 298 g/mol. The smallest absolute Gasteiger partial charge is 0.238 e. The zero-order valence-electron chi connectivity index (χ0n) is 12.2. The van der Waals surface area contributed by atoms with E-state index in [1.54, 1.807) is 0 Å². The lowest BCUT2D eigenvalue weighted by atomic mass is 10.1. The molecule has 2 N–H and O–H groups in total. The van der Waals surface area contributed by atoms with Crippen LogP contribution in [0.3, 0.4) is 0 Å². The van der Waals surface area contributed by atoms with E-state index in [0.29, 0.717) is 12.6 Å². The van der Waals surface area contributed by atoms with Gasteiger partial charge in [-0.05, 0) is 44.5 Å². The first kappa shape index (κ1) is 17.0. The van der Waals surface area contributed by atoms with Crippen LogP contribution in [-0.4, -0.2) is 43.5 Å². The van der Waals surface area contributed by atoms with Crippen molar-refractivity contribution in [2.75, 3.05) is 32.0 Å². The molecule has 1 amide bonds. The minimum Gasteiger partial charge on any atom is -0.325 e. The summed E-state index contributed by atoms with van der Waals surface area (Å²) in [6.07, 6.45) is 2.24. The van der Waals surface area contributed by atoms with Gasteiger partial charge >= 0.3 is 0 Å². The lowest BCUT2D eigenvalue weighted by Gasteiger charge is -2.31. The Bertz CT molecular complexity index is 431. The fraction of sp³-hybridized carbons (Fsp3) is 0.533. The van der Waals surface area contributed by atoms with Gasteiger partial charge in [-0.1, -0.05) is 12.1 Å². The number of anilines is 1. The van der Waals surface area contributed by atoms with Crippen LogP contribution in [0.15, 0.2) is 24.3 Å². The van der Waals surface area contributed by atoms with E-state index in [-0.39, 0.29) is 18.3 Å². The number of rotatable bonds is 4. The van der Waals surface area contributed by atoms with Crippen molar-refractivity contribution >= 4 is 24.0 Å². The highest BCUT2D eigenvalue weighted by atomic mass is 35.5. The summed E-state index contributed by atoms with van der Waals surface area (Å²) in [6.45, 7) is 4.50. The van der Waals surface area contributed by atoms with Crippen LogP contribution in [0.4, 0.5) is 5.69 Å². The zero-order valence-corrected chi connectivity index (χ0v) is 13.0. The second-order valence-electron chi connectivity index (χ2n) is 5.26. The Hall–Kier alpha value is -1.10. The Morgan fingerprint density at radius 1 is 1.35 bits per heavy atom. The molecule has 0 atom stereocenters. The predicted molar refractivity (Wildman–Crippen MR) is 85.6 cm³/mol. The number of piperidine rings is 1. The topological polar surface area (TPSA) is 44.4 Å². The molecule has 20 heavy (non-hydrogen) atoms. The van der Waals surface area contributed by atoms with E-state index >= 15 is 0 Å². The third-order valence-corrected chi connectivity index (χ3v) is 3.66. The molecule has 2 rings (SSSR count). The van der Waals surface area contributed by atoms with Crippen molar-refractivity contribution < 1.29 is 4.79 Å². The molecule has 0 unspecified atom stereocenters. The molecule has 0 aliphatic carbocycles. The van der Waals surface area contributed by atoms with Gasteiger partial charge in [-0.2, -0.15) is 0 Å². The van der Waals surface area contributed by atoms with Crippen LogP contribution >= 0.6 is 12.4 Å². The third-order valence-electron chi connectivity index (χ3n) is 3.66. The van der Waals surface area contributed by atoms with E-state index in [2.05, 4.69) is 15.5 Å². The lowest BCUT2D eigenvalue weighted by molar-refractivity contribution is -0.117. The van der Waals surface area contributed by atoms with Crippen molar-refractivity contribution in [1.82, 2.24) is 10.2 Å². The highest BCUT2D eigenvalue weighted by molar-refractivity contribution is 5.92. The summed E-state index contributed by atoms with van der Waals surface area (Å²) in [5.74, 6) is 0.0773. The van der Waals surface area contributed by atoms with Gasteiger partial charge < -0.3 is 10.6 Å². The van der Waals surface area contributed by atoms with Gasteiger partial charge in [-0.3, -0.25) is 9.69 Å². The number of amides is 1. The Morgan fingerprint density at radius 2 is 2.05 bits per heavy atom. The number of carbonyl (C=O) groups is 1. The quantitative estimate of drug-likeness (QED) is 0.894. The maximum atomic E-state index is 12.0. The fourth-order valence-corrected chi connectivity index (χ4v) is 2.51. The monoisotopic (exact) mass is 297 g/mol. The summed E-state index contributed by atoms with van der Waals surface area (Å²) in [5, 5.41) is 6.26. The molecule has 0 spiro atoms. The molecule has 1 aromatic carbocycles. The van der Waals surface area contributed by atoms with E-state index in [4.69, 9.17) is 0 Å². The number of nitrogens with one attached hydrogen (secondary N) is 2. The SMILES string of the molecule is CNC1CCN(CC(=O)Nc2cccc(C)c2)CC1.Cl. The molecule has 5 heteroatoms. The molecule has 1 aliphatic heterocycles. The van der Waals surface area contributed by atoms with Gasteiger partial charge in [-0.25, -0.2) is 0 Å². The van der Waals surface area contributed by atoms with Gasteiger partial charge in [0.15, 0.2) is 0 Å². The molecule has 0 radical (unpaired) electrons. The Balaban J connectivity index is 0.00000200. The largest absolute Gasteiger partial charge is 0.325 e. The molecule has 0 saturated carbocycles. The van der Waals surface area contributed by atoms with Gasteiger partial charge in [0.05, 0.1) is 6.54 Å². The van der Waals surface area contributed by atoms with Gasteiger partial charge in [0.2, 0.25) is 5.91 Å². The molecule has 1 fully saturated rings. The van der Waals surface area contributed by atoms with E-state index in [9.17, 15) is 4.79 Å². The fourth-order valence-electron chi connectivity index (χ4n) is 2.51. The first-order valence-electron chi connectivity index (χ1n) is 6.93. The maximum Gasteiger partial charge on any atom is 0.238 e. The van der Waals surface area contributed by atoms with Gasteiger partial charge in [0.25, 0.3) is 0 Å². The van der Waals surface area contributed by atoms with Crippen LogP contribution in [0.5, 0.6) is 0 Å². The Kier molecular flexibility index (Phi) is 6.99. The second-order valence-corrected chi connectivity index (χ2v) is 5.26. The highest BCUT2D eigenvalue weighted by Gasteiger charge is 2.19. The number of likely N-dealkylation sites (tertiary alicyclic amines) is 1. The van der Waals surface area contributed by atoms with Crippen LogP contribution in [0.2, 0.25) is 0 Å². The molecular formula is C15H24ClN3O. The molecule has 1 aromatic rings. The number of carbonyl (C=O) groups excluding carboxylic acids is 1. The average Bonchev–Trinajstić information content (AvgIpc) is 2.39. The molecule has 1 heterocycles. The van der Waals surface area contributed by atoms with E-state index in [0.717, 1.165) is 37.2 Å². The van der Waals surface area contributed by atoms with Gasteiger partial charge in [0, 0.05) is 24.8 Å². The molecular weight excluding hydrogens is 274 g/mol. The van der Waals surface area contributed by atoms with Crippen molar-refractivity contribution in [2.45, 2.75) is 25.8 Å². The van der Waals surface area contributed by atoms with Gasteiger partial charge in [-0.15, -0.1) is 12.4 Å². The van der Waals surface area contributed by atoms with Crippen molar-refractivity contribution in [3.05, 3.63) is 29.8 Å². The zero-order chi connectivity index (χ0) is 13.7. The van der Waals surface area contributed by atoms with Crippen LogP contribution in [0, 0.1) is 6.92 Å². The summed E-state index contributed by atoms with van der Waals surface area (Å²) in [6, 6.07) is 8.52. The molecule has 0 aromatic heterocycles. The number of nitrogens with zero attached hydrogens (tertiary/aromatic N) is 1. The van der Waals surface area contributed by atoms with Crippen LogP contribution in [-0.2, 0) is 4.79 Å². The van der Waals surface area contributed by atoms with Gasteiger partial charge in [0.1, 0.15) is 0 Å². The van der Waals surface area contributed by atoms with E-state index < -0.39 is 0 Å². The molecule has 1 aliphatic rings. The van der Waals surface area contributed by atoms with E-state index in [1.807, 2.05) is 38.2 Å². The number of hydrogen-bond acceptors (Lipinski definition) is 3. The molecule has 4 nitrogen and oxygen atoms in total. The van der Waals surface area contributed by atoms with Crippen LogP contribution in [0.25, 0.3) is 0 Å². The van der Waals surface area contributed by atoms with Crippen LogP contribution < -0.4 is 10.6 Å². The second kappa shape index (κ2) is 8.25. The Labute approximate surface area is 127 Å². The highest BCUT2D eigenvalue weighted by Crippen LogP contribution is 2.11. The summed E-state index contributed by atoms with van der Waals surface area (Å²) in [4.78, 5) is 14.2. The van der Waals surface area contributed by atoms with Crippen molar-refractivity contribution in [3.63, 3.8) is 0 Å². The van der Waals surface area contributed by atoms with Crippen LogP contribution in [0.1, 0.15) is 18.4 Å². The summed E-state index contributed by atoms with van der Waals surface area (Å²) in [7, 11) is 2.00. The van der Waals surface area contributed by atoms with E-state index in [1.165, 1.54) is 0 Å². The van der Waals surface area contributed by atoms with Crippen molar-refractivity contribution in [2.24, 2.45) is 0 Å². The first-order valence-corrected chi connectivity index (χ1v) is 6.93. The molecule has 0 bridgehead atoms. The summed E-state index contributed by atoms with van der Waals surface area (Å²) in [5.41, 5.74) is 2.04.